The van der Waals surface area contributed by atoms with Crippen LogP contribution in [0, 0.1) is 0 Å². The first kappa shape index (κ1) is 13.1. The van der Waals surface area contributed by atoms with Crippen molar-refractivity contribution in [3.8, 4) is 0 Å². The molecule has 0 bridgehead atoms. The van der Waals surface area contributed by atoms with E-state index in [-0.39, 0.29) is 0 Å². The van der Waals surface area contributed by atoms with Crippen LogP contribution in [0.1, 0.15) is 0 Å². The van der Waals surface area contributed by atoms with Crippen molar-refractivity contribution in [1.82, 2.24) is 4.90 Å². The summed E-state index contributed by atoms with van der Waals surface area (Å²) in [6, 6.07) is 8.13. The number of hydrogen-bond donors (Lipinski definition) is 1. The van der Waals surface area contributed by atoms with E-state index in [2.05, 4.69) is 32.2 Å². The molecule has 94 valence electrons. The predicted molar refractivity (Wildman–Crippen MR) is 76.9 cm³/mol. The van der Waals surface area contributed by atoms with Crippen LogP contribution < -0.4 is 5.32 Å². The highest BCUT2D eigenvalue weighted by atomic mass is 79.9. The second-order valence-electron chi connectivity index (χ2n) is 4.10. The lowest BCUT2D eigenvalue weighted by atomic mass is 10.3. The van der Waals surface area contributed by atoms with E-state index in [1.165, 1.54) is 0 Å². The summed E-state index contributed by atoms with van der Waals surface area (Å²) in [4.78, 5) is 2.37. The monoisotopic (exact) mass is 316 g/mol. The van der Waals surface area contributed by atoms with Crippen molar-refractivity contribution in [2.75, 3.05) is 43.0 Å². The maximum atomic E-state index is 11.2. The quantitative estimate of drug-likeness (QED) is 0.921. The lowest BCUT2D eigenvalue weighted by Gasteiger charge is -2.26. The highest BCUT2D eigenvalue weighted by molar-refractivity contribution is 9.10. The van der Waals surface area contributed by atoms with E-state index in [1.807, 2.05) is 18.2 Å². The molecule has 0 aliphatic carbocycles. The van der Waals surface area contributed by atoms with Gasteiger partial charge in [0.15, 0.2) is 0 Å². The third-order valence-corrected chi connectivity index (χ3v) is 4.86. The van der Waals surface area contributed by atoms with Gasteiger partial charge in [-0.2, -0.15) is 0 Å². The Labute approximate surface area is 113 Å². The molecule has 1 heterocycles. The van der Waals surface area contributed by atoms with Crippen LogP contribution in [0.2, 0.25) is 0 Å². The minimum Gasteiger partial charge on any atom is -0.383 e. The maximum absolute atomic E-state index is 11.2. The van der Waals surface area contributed by atoms with Gasteiger partial charge in [0.25, 0.3) is 0 Å². The number of benzene rings is 1. The summed E-state index contributed by atoms with van der Waals surface area (Å²) in [5.74, 6) is 1.66. The molecule has 1 aliphatic heterocycles. The largest absolute Gasteiger partial charge is 0.383 e. The van der Waals surface area contributed by atoms with Gasteiger partial charge in [0.1, 0.15) is 0 Å². The van der Waals surface area contributed by atoms with Crippen molar-refractivity contribution in [2.24, 2.45) is 0 Å². The molecule has 17 heavy (non-hydrogen) atoms. The lowest BCUT2D eigenvalue weighted by molar-refractivity contribution is 0.311. The normalized spacial score (nSPS) is 18.2. The minimum absolute atomic E-state index is 0.576. The molecule has 1 saturated heterocycles. The molecule has 0 saturated carbocycles. The Morgan fingerprint density at radius 1 is 1.29 bits per heavy atom. The number of anilines is 1. The number of hydrogen-bond acceptors (Lipinski definition) is 3. The van der Waals surface area contributed by atoms with Gasteiger partial charge in [-0.3, -0.25) is 9.11 Å². The van der Waals surface area contributed by atoms with Crippen molar-refractivity contribution in [2.45, 2.75) is 0 Å². The summed E-state index contributed by atoms with van der Waals surface area (Å²) >= 11 is 3.51. The maximum Gasteiger partial charge on any atom is 0.0485 e. The molecular weight excluding hydrogens is 300 g/mol. The Morgan fingerprint density at radius 3 is 2.71 bits per heavy atom. The van der Waals surface area contributed by atoms with E-state index in [9.17, 15) is 4.21 Å². The summed E-state index contributed by atoms with van der Waals surface area (Å²) in [5.41, 5.74) is 1.13. The van der Waals surface area contributed by atoms with E-state index < -0.39 is 10.8 Å². The first-order chi connectivity index (χ1) is 8.25. The van der Waals surface area contributed by atoms with Crippen LogP contribution >= 0.6 is 15.9 Å². The molecule has 1 aromatic rings. The Bertz CT molecular complexity index is 390. The first-order valence-corrected chi connectivity index (χ1v) is 8.09. The van der Waals surface area contributed by atoms with E-state index >= 15 is 0 Å². The van der Waals surface area contributed by atoms with Gasteiger partial charge < -0.3 is 5.32 Å². The van der Waals surface area contributed by atoms with Gasteiger partial charge >= 0.3 is 0 Å². The Morgan fingerprint density at radius 2 is 2.00 bits per heavy atom. The second kappa shape index (κ2) is 6.52. The fourth-order valence-corrected chi connectivity index (χ4v) is 3.41. The zero-order valence-corrected chi connectivity index (χ0v) is 12.1. The zero-order chi connectivity index (χ0) is 12.1. The fraction of sp³-hybridized carbons (Fsp3) is 0.500. The number of rotatable bonds is 4. The van der Waals surface area contributed by atoms with Crippen LogP contribution in [0.3, 0.4) is 0 Å². The SMILES string of the molecule is O=S1CCN(CCNc2ccccc2Br)CC1. The highest BCUT2D eigenvalue weighted by Gasteiger charge is 2.14. The summed E-state index contributed by atoms with van der Waals surface area (Å²) < 4.78 is 12.3. The number of para-hydroxylation sites is 1. The Hall–Kier alpha value is -0.390. The summed E-state index contributed by atoms with van der Waals surface area (Å²) in [6.45, 7) is 3.86. The van der Waals surface area contributed by atoms with Crippen molar-refractivity contribution in [3.63, 3.8) is 0 Å². The number of halogens is 1. The van der Waals surface area contributed by atoms with Crippen LogP contribution in [-0.4, -0.2) is 46.8 Å². The third kappa shape index (κ3) is 4.08. The summed E-state index contributed by atoms with van der Waals surface area (Å²) in [7, 11) is -0.576. The molecule has 1 aliphatic rings. The molecule has 1 fully saturated rings. The summed E-state index contributed by atoms with van der Waals surface area (Å²) in [6.07, 6.45) is 0. The number of nitrogens with zero attached hydrogens (tertiary/aromatic N) is 1. The van der Waals surface area contributed by atoms with Crippen molar-refractivity contribution in [1.29, 1.82) is 0 Å². The highest BCUT2D eigenvalue weighted by Crippen LogP contribution is 2.20. The van der Waals surface area contributed by atoms with Crippen LogP contribution in [-0.2, 0) is 10.8 Å². The first-order valence-electron chi connectivity index (χ1n) is 5.81. The van der Waals surface area contributed by atoms with E-state index in [1.54, 1.807) is 0 Å². The molecule has 2 rings (SSSR count). The number of nitrogens with one attached hydrogen (secondary N) is 1. The van der Waals surface area contributed by atoms with E-state index in [4.69, 9.17) is 0 Å². The molecule has 0 amide bonds. The third-order valence-electron chi connectivity index (χ3n) is 2.89. The van der Waals surface area contributed by atoms with E-state index in [0.717, 1.165) is 47.8 Å². The van der Waals surface area contributed by atoms with Crippen molar-refractivity contribution < 1.29 is 4.21 Å². The van der Waals surface area contributed by atoms with Gasteiger partial charge in [-0.15, -0.1) is 0 Å². The fourth-order valence-electron chi connectivity index (χ4n) is 1.85. The molecule has 1 N–H and O–H groups in total. The van der Waals surface area contributed by atoms with Gasteiger partial charge in [-0.25, -0.2) is 0 Å². The summed E-state index contributed by atoms with van der Waals surface area (Å²) in [5, 5.41) is 3.41. The standard InChI is InChI=1S/C12H17BrN2OS/c13-11-3-1-2-4-12(11)14-5-6-15-7-9-17(16)10-8-15/h1-4,14H,5-10H2. The van der Waals surface area contributed by atoms with Crippen molar-refractivity contribution in [3.05, 3.63) is 28.7 Å². The molecule has 0 radical (unpaired) electrons. The molecule has 0 aromatic heterocycles. The average molecular weight is 317 g/mol. The van der Waals surface area contributed by atoms with Crippen LogP contribution in [0.4, 0.5) is 5.69 Å². The zero-order valence-electron chi connectivity index (χ0n) is 9.69. The molecule has 0 unspecified atom stereocenters. The van der Waals surface area contributed by atoms with Crippen LogP contribution in [0.25, 0.3) is 0 Å². The van der Waals surface area contributed by atoms with Gasteiger partial charge in [-0.05, 0) is 28.1 Å². The van der Waals surface area contributed by atoms with E-state index in [0.29, 0.717) is 0 Å². The topological polar surface area (TPSA) is 32.3 Å². The smallest absolute Gasteiger partial charge is 0.0485 e. The second-order valence-corrected chi connectivity index (χ2v) is 6.65. The van der Waals surface area contributed by atoms with Gasteiger partial charge in [0.2, 0.25) is 0 Å². The molecule has 1 aromatic carbocycles. The molecular formula is C12H17BrN2OS. The van der Waals surface area contributed by atoms with Gasteiger partial charge in [0, 0.05) is 58.6 Å². The average Bonchev–Trinajstić information content (AvgIpc) is 2.34. The lowest BCUT2D eigenvalue weighted by Crippen LogP contribution is -2.40. The van der Waals surface area contributed by atoms with Gasteiger partial charge in [-0.1, -0.05) is 12.1 Å². The molecule has 0 atom stereocenters. The van der Waals surface area contributed by atoms with Crippen LogP contribution in [0.5, 0.6) is 0 Å². The van der Waals surface area contributed by atoms with Gasteiger partial charge in [0.05, 0.1) is 0 Å². The Balaban J connectivity index is 1.73. The molecule has 3 nitrogen and oxygen atoms in total. The predicted octanol–water partition coefficient (Wildman–Crippen LogP) is 1.93. The molecule has 5 heteroatoms. The van der Waals surface area contributed by atoms with Crippen molar-refractivity contribution >= 4 is 32.4 Å². The molecule has 0 spiro atoms. The minimum atomic E-state index is -0.576. The Kier molecular flexibility index (Phi) is 5.00. The van der Waals surface area contributed by atoms with Crippen LogP contribution in [0.15, 0.2) is 28.7 Å².